The molecule has 4 nitrogen and oxygen atoms in total. The van der Waals surface area contributed by atoms with Gasteiger partial charge in [-0.2, -0.15) is 0 Å². The minimum absolute atomic E-state index is 0.0907. The van der Waals surface area contributed by atoms with E-state index in [1.54, 1.807) is 0 Å². The molecule has 0 saturated carbocycles. The summed E-state index contributed by atoms with van der Waals surface area (Å²) in [5.41, 5.74) is 1.60. The van der Waals surface area contributed by atoms with Crippen molar-refractivity contribution in [2.75, 3.05) is 18.0 Å². The quantitative estimate of drug-likeness (QED) is 0.765. The molecule has 2 amide bonds. The third kappa shape index (κ3) is 5.87. The van der Waals surface area contributed by atoms with Gasteiger partial charge in [0, 0.05) is 19.2 Å². The third-order valence-corrected chi connectivity index (χ3v) is 3.99. The van der Waals surface area contributed by atoms with Crippen LogP contribution in [0.1, 0.15) is 18.9 Å². The Bertz CT molecular complexity index is 737. The maximum Gasteiger partial charge on any atom is 0.240 e. The van der Waals surface area contributed by atoms with Gasteiger partial charge < -0.3 is 10.2 Å². The number of carbonyl (C=O) groups is 2. The second-order valence-corrected chi connectivity index (χ2v) is 6.05. The predicted octanol–water partition coefficient (Wildman–Crippen LogP) is 3.58. The van der Waals surface area contributed by atoms with Crippen molar-refractivity contribution in [2.45, 2.75) is 19.8 Å². The van der Waals surface area contributed by atoms with Gasteiger partial charge in [0.2, 0.25) is 11.8 Å². The van der Waals surface area contributed by atoms with Gasteiger partial charge in [-0.25, -0.2) is 4.39 Å². The van der Waals surface area contributed by atoms with E-state index in [0.717, 1.165) is 12.8 Å². The lowest BCUT2D eigenvalue weighted by molar-refractivity contribution is -0.123. The number of hydrogen-bond acceptors (Lipinski definition) is 2. The number of aryl methyl sites for hydroxylation is 1. The van der Waals surface area contributed by atoms with Crippen molar-refractivity contribution in [1.29, 1.82) is 0 Å². The zero-order chi connectivity index (χ0) is 18.2. The molecular weight excluding hydrogens is 343 g/mol. The number of rotatable bonds is 7. The highest BCUT2D eigenvalue weighted by atomic mass is 35.5. The Hall–Kier alpha value is -2.40. The number of halogens is 2. The number of nitrogens with one attached hydrogen (secondary N) is 1. The lowest BCUT2D eigenvalue weighted by atomic mass is 10.1. The highest BCUT2D eigenvalue weighted by Gasteiger charge is 2.16. The summed E-state index contributed by atoms with van der Waals surface area (Å²) in [6, 6.07) is 13.9. The van der Waals surface area contributed by atoms with E-state index in [-0.39, 0.29) is 23.4 Å². The summed E-state index contributed by atoms with van der Waals surface area (Å²) in [5.74, 6) is -1.16. The van der Waals surface area contributed by atoms with Gasteiger partial charge in [0.05, 0.1) is 5.02 Å². The highest BCUT2D eigenvalue weighted by Crippen LogP contribution is 2.22. The van der Waals surface area contributed by atoms with Gasteiger partial charge in [0.25, 0.3) is 0 Å². The third-order valence-electron chi connectivity index (χ3n) is 3.70. The first-order chi connectivity index (χ1) is 12.0. The molecule has 0 aliphatic rings. The van der Waals surface area contributed by atoms with E-state index >= 15 is 0 Å². The Balaban J connectivity index is 1.85. The molecule has 0 bridgehead atoms. The van der Waals surface area contributed by atoms with Crippen molar-refractivity contribution in [3.05, 3.63) is 64.9 Å². The zero-order valence-electron chi connectivity index (χ0n) is 14.0. The molecule has 6 heteroatoms. The standard InChI is InChI=1S/C19H20ClFN2O2/c1-14(24)23(16-9-10-18(21)17(20)12-16)13-19(25)22-11-5-8-15-6-3-2-4-7-15/h2-4,6-7,9-10,12H,5,8,11,13H2,1H3,(H,22,25). The molecule has 0 atom stereocenters. The molecule has 0 aliphatic carbocycles. The maximum absolute atomic E-state index is 13.3. The molecule has 0 aliphatic heterocycles. The molecule has 2 rings (SSSR count). The Labute approximate surface area is 151 Å². The Morgan fingerprint density at radius 1 is 1.16 bits per heavy atom. The monoisotopic (exact) mass is 362 g/mol. The fraction of sp³-hybridized carbons (Fsp3) is 0.263. The minimum Gasteiger partial charge on any atom is -0.355 e. The van der Waals surface area contributed by atoms with Crippen LogP contribution in [0.2, 0.25) is 5.02 Å². The van der Waals surface area contributed by atoms with Crippen LogP contribution in [0.5, 0.6) is 0 Å². The largest absolute Gasteiger partial charge is 0.355 e. The lowest BCUT2D eigenvalue weighted by Gasteiger charge is -2.21. The topological polar surface area (TPSA) is 49.4 Å². The first-order valence-corrected chi connectivity index (χ1v) is 8.39. The summed E-state index contributed by atoms with van der Waals surface area (Å²) in [7, 11) is 0. The van der Waals surface area contributed by atoms with Crippen molar-refractivity contribution in [2.24, 2.45) is 0 Å². The van der Waals surface area contributed by atoms with Crippen molar-refractivity contribution < 1.29 is 14.0 Å². The van der Waals surface area contributed by atoms with Crippen LogP contribution in [0.25, 0.3) is 0 Å². The van der Waals surface area contributed by atoms with Crippen molar-refractivity contribution >= 4 is 29.1 Å². The number of amides is 2. The Kier molecular flexibility index (Phi) is 6.95. The van der Waals surface area contributed by atoms with E-state index in [9.17, 15) is 14.0 Å². The molecule has 25 heavy (non-hydrogen) atoms. The fourth-order valence-corrected chi connectivity index (χ4v) is 2.58. The number of carbonyl (C=O) groups excluding carboxylic acids is 2. The van der Waals surface area contributed by atoms with Gasteiger partial charge >= 0.3 is 0 Å². The fourth-order valence-electron chi connectivity index (χ4n) is 2.40. The lowest BCUT2D eigenvalue weighted by Crippen LogP contribution is -2.40. The van der Waals surface area contributed by atoms with E-state index in [2.05, 4.69) is 5.32 Å². The maximum atomic E-state index is 13.3. The normalized spacial score (nSPS) is 10.4. The molecule has 0 heterocycles. The van der Waals surface area contributed by atoms with Crippen LogP contribution < -0.4 is 10.2 Å². The number of benzene rings is 2. The molecule has 0 unspecified atom stereocenters. The van der Waals surface area contributed by atoms with Gasteiger partial charge in [0.15, 0.2) is 0 Å². The van der Waals surface area contributed by atoms with Gasteiger partial charge in [-0.15, -0.1) is 0 Å². The van der Waals surface area contributed by atoms with E-state index in [4.69, 9.17) is 11.6 Å². The van der Waals surface area contributed by atoms with Crippen LogP contribution >= 0.6 is 11.6 Å². The summed E-state index contributed by atoms with van der Waals surface area (Å²) in [6.45, 7) is 1.73. The van der Waals surface area contributed by atoms with Crippen LogP contribution in [-0.2, 0) is 16.0 Å². The van der Waals surface area contributed by atoms with Crippen molar-refractivity contribution in [3.8, 4) is 0 Å². The van der Waals surface area contributed by atoms with Gasteiger partial charge in [-0.1, -0.05) is 41.9 Å². The van der Waals surface area contributed by atoms with Crippen LogP contribution in [0.15, 0.2) is 48.5 Å². The van der Waals surface area contributed by atoms with Gasteiger partial charge in [-0.05, 0) is 36.6 Å². The van der Waals surface area contributed by atoms with Gasteiger partial charge in [-0.3, -0.25) is 9.59 Å². The van der Waals surface area contributed by atoms with Crippen molar-refractivity contribution in [3.63, 3.8) is 0 Å². The molecule has 0 aromatic heterocycles. The minimum atomic E-state index is -0.570. The molecule has 0 spiro atoms. The molecule has 2 aromatic rings. The number of nitrogens with zero attached hydrogens (tertiary/aromatic N) is 1. The van der Waals surface area contributed by atoms with Crippen LogP contribution in [-0.4, -0.2) is 24.9 Å². The summed E-state index contributed by atoms with van der Waals surface area (Å²) >= 11 is 5.75. The Morgan fingerprint density at radius 2 is 1.88 bits per heavy atom. The smallest absolute Gasteiger partial charge is 0.240 e. The second kappa shape index (κ2) is 9.18. The molecule has 2 aromatic carbocycles. The summed E-state index contributed by atoms with van der Waals surface area (Å²) in [6.07, 6.45) is 1.67. The van der Waals surface area contributed by atoms with Crippen LogP contribution in [0.4, 0.5) is 10.1 Å². The SMILES string of the molecule is CC(=O)N(CC(=O)NCCCc1ccccc1)c1ccc(F)c(Cl)c1. The summed E-state index contributed by atoms with van der Waals surface area (Å²) in [5, 5.41) is 2.70. The van der Waals surface area contributed by atoms with Crippen molar-refractivity contribution in [1.82, 2.24) is 5.32 Å². The van der Waals surface area contributed by atoms with E-state index in [1.165, 1.54) is 35.6 Å². The second-order valence-electron chi connectivity index (χ2n) is 5.64. The molecule has 0 radical (unpaired) electrons. The van der Waals surface area contributed by atoms with Crippen LogP contribution in [0.3, 0.4) is 0 Å². The predicted molar refractivity (Wildman–Crippen MR) is 97.2 cm³/mol. The molecular formula is C19H20ClFN2O2. The van der Waals surface area contributed by atoms with E-state index in [0.29, 0.717) is 12.2 Å². The molecule has 0 saturated heterocycles. The molecule has 1 N–H and O–H groups in total. The summed E-state index contributed by atoms with van der Waals surface area (Å²) < 4.78 is 13.3. The number of anilines is 1. The van der Waals surface area contributed by atoms with E-state index < -0.39 is 5.82 Å². The Morgan fingerprint density at radius 3 is 2.52 bits per heavy atom. The highest BCUT2D eigenvalue weighted by molar-refractivity contribution is 6.31. The number of hydrogen-bond donors (Lipinski definition) is 1. The van der Waals surface area contributed by atoms with Gasteiger partial charge in [0.1, 0.15) is 12.4 Å². The van der Waals surface area contributed by atoms with E-state index in [1.807, 2.05) is 30.3 Å². The average molecular weight is 363 g/mol. The molecule has 132 valence electrons. The first kappa shape index (κ1) is 18.9. The molecule has 0 fully saturated rings. The zero-order valence-corrected chi connectivity index (χ0v) is 14.7. The first-order valence-electron chi connectivity index (χ1n) is 8.01. The average Bonchev–Trinajstić information content (AvgIpc) is 2.60. The van der Waals surface area contributed by atoms with Crippen LogP contribution in [0, 0.1) is 5.82 Å². The summed E-state index contributed by atoms with van der Waals surface area (Å²) in [4.78, 5) is 25.1.